The number of amides is 1. The van der Waals surface area contributed by atoms with Gasteiger partial charge in [0.25, 0.3) is 5.91 Å². The molecule has 0 unspecified atom stereocenters. The Bertz CT molecular complexity index is 559. The number of halogens is 2. The average Bonchev–Trinajstić information content (AvgIpc) is 2.77. The minimum Gasteiger partial charge on any atom is -0.351 e. The Morgan fingerprint density at radius 3 is 2.84 bits per heavy atom. The maximum Gasteiger partial charge on any atom is 0.261 e. The van der Waals surface area contributed by atoms with Crippen molar-refractivity contribution in [1.29, 1.82) is 0 Å². The third kappa shape index (κ3) is 4.16. The van der Waals surface area contributed by atoms with Gasteiger partial charge in [0, 0.05) is 11.2 Å². The van der Waals surface area contributed by atoms with E-state index >= 15 is 0 Å². The van der Waals surface area contributed by atoms with Crippen LogP contribution in [0.2, 0.25) is 0 Å². The first-order valence-corrected chi connectivity index (χ1v) is 6.70. The van der Waals surface area contributed by atoms with Gasteiger partial charge in [-0.3, -0.25) is 4.79 Å². The summed E-state index contributed by atoms with van der Waals surface area (Å²) < 4.78 is 13.9. The Kier molecular flexibility index (Phi) is 6.21. The maximum atomic E-state index is 13.0. The van der Waals surface area contributed by atoms with Crippen LogP contribution < -0.4 is 11.1 Å². The summed E-state index contributed by atoms with van der Waals surface area (Å²) in [5.74, 6) is -0.385. The van der Waals surface area contributed by atoms with Gasteiger partial charge in [0.2, 0.25) is 0 Å². The van der Waals surface area contributed by atoms with E-state index in [0.29, 0.717) is 18.0 Å². The van der Waals surface area contributed by atoms with Crippen molar-refractivity contribution < 1.29 is 9.18 Å². The van der Waals surface area contributed by atoms with Gasteiger partial charge < -0.3 is 11.1 Å². The maximum absolute atomic E-state index is 13.0. The summed E-state index contributed by atoms with van der Waals surface area (Å²) >= 11 is 1.37. The number of carbonyl (C=O) groups is 1. The number of hydrogen-bond acceptors (Lipinski definition) is 3. The van der Waals surface area contributed by atoms with Crippen LogP contribution in [0, 0.1) is 5.82 Å². The Balaban J connectivity index is 0.00000180. The summed E-state index contributed by atoms with van der Waals surface area (Å²) in [6, 6.07) is 6.26. The molecule has 1 aromatic heterocycles. The summed E-state index contributed by atoms with van der Waals surface area (Å²) in [6.07, 6.45) is 1.78. The van der Waals surface area contributed by atoms with Gasteiger partial charge in [-0.25, -0.2) is 4.39 Å². The second kappa shape index (κ2) is 7.43. The summed E-state index contributed by atoms with van der Waals surface area (Å²) in [5.41, 5.74) is 5.38. The van der Waals surface area contributed by atoms with Gasteiger partial charge >= 0.3 is 0 Å². The van der Waals surface area contributed by atoms with Crippen LogP contribution in [0.1, 0.15) is 22.5 Å². The number of rotatable bonds is 5. The lowest BCUT2D eigenvalue weighted by Gasteiger charge is -2.01. The van der Waals surface area contributed by atoms with Gasteiger partial charge in [-0.05, 0) is 49.0 Å². The molecule has 1 aromatic carbocycles. The number of thiophene rings is 1. The molecule has 0 saturated carbocycles. The molecule has 0 radical (unpaired) electrons. The number of unbranched alkanes of at least 4 members (excludes halogenated alkanes) is 1. The molecule has 1 heterocycles. The van der Waals surface area contributed by atoms with Crippen molar-refractivity contribution in [3.63, 3.8) is 0 Å². The molecule has 0 bridgehead atoms. The van der Waals surface area contributed by atoms with Gasteiger partial charge in [-0.15, -0.1) is 23.7 Å². The van der Waals surface area contributed by atoms with E-state index in [9.17, 15) is 9.18 Å². The molecule has 0 aliphatic carbocycles. The Morgan fingerprint density at radius 2 is 2.11 bits per heavy atom. The lowest BCUT2D eigenvalue weighted by molar-refractivity contribution is 0.0957. The van der Waals surface area contributed by atoms with Crippen LogP contribution in [-0.4, -0.2) is 19.0 Å². The van der Waals surface area contributed by atoms with E-state index in [1.165, 1.54) is 23.5 Å². The van der Waals surface area contributed by atoms with E-state index in [0.717, 1.165) is 22.9 Å². The highest BCUT2D eigenvalue weighted by molar-refractivity contribution is 7.20. The van der Waals surface area contributed by atoms with Gasteiger partial charge in [-0.1, -0.05) is 0 Å². The molecule has 2 aromatic rings. The molecule has 0 aliphatic rings. The lowest BCUT2D eigenvalue weighted by atomic mass is 10.2. The van der Waals surface area contributed by atoms with Crippen LogP contribution in [0.25, 0.3) is 10.1 Å². The molecule has 0 spiro atoms. The van der Waals surface area contributed by atoms with Crippen LogP contribution in [0.15, 0.2) is 24.3 Å². The molecule has 3 nitrogen and oxygen atoms in total. The fraction of sp³-hybridized carbons (Fsp3) is 0.308. The van der Waals surface area contributed by atoms with Crippen molar-refractivity contribution in [1.82, 2.24) is 5.32 Å². The largest absolute Gasteiger partial charge is 0.351 e. The molecule has 0 aliphatic heterocycles. The molecule has 1 amide bonds. The van der Waals surface area contributed by atoms with Crippen LogP contribution in [0.5, 0.6) is 0 Å². The van der Waals surface area contributed by atoms with Crippen LogP contribution in [0.3, 0.4) is 0 Å². The van der Waals surface area contributed by atoms with E-state index in [1.807, 2.05) is 0 Å². The SMILES string of the molecule is Cl.NCCCCNC(=O)c1cc2cc(F)ccc2s1. The average molecular weight is 303 g/mol. The highest BCUT2D eigenvalue weighted by atomic mass is 35.5. The monoisotopic (exact) mass is 302 g/mol. The van der Waals surface area contributed by atoms with E-state index < -0.39 is 0 Å². The topological polar surface area (TPSA) is 55.1 Å². The molecule has 0 fully saturated rings. The van der Waals surface area contributed by atoms with Crippen LogP contribution in [0.4, 0.5) is 4.39 Å². The van der Waals surface area contributed by atoms with Gasteiger partial charge in [0.15, 0.2) is 0 Å². The Morgan fingerprint density at radius 1 is 1.32 bits per heavy atom. The summed E-state index contributed by atoms with van der Waals surface area (Å²) in [4.78, 5) is 12.5. The van der Waals surface area contributed by atoms with Crippen molar-refractivity contribution in [2.45, 2.75) is 12.8 Å². The Hall–Kier alpha value is -1.17. The molecular formula is C13H16ClFN2OS. The van der Waals surface area contributed by atoms with Crippen molar-refractivity contribution >= 4 is 39.7 Å². The normalized spacial score (nSPS) is 10.2. The summed E-state index contributed by atoms with van der Waals surface area (Å²) in [5, 5.41) is 3.60. The fourth-order valence-corrected chi connectivity index (χ4v) is 2.64. The van der Waals surface area contributed by atoms with Crippen molar-refractivity contribution in [2.75, 3.05) is 13.1 Å². The van der Waals surface area contributed by atoms with Gasteiger partial charge in [-0.2, -0.15) is 0 Å². The molecule has 2 rings (SSSR count). The first-order chi connectivity index (χ1) is 8.70. The predicted molar refractivity (Wildman–Crippen MR) is 79.7 cm³/mol. The highest BCUT2D eigenvalue weighted by Gasteiger charge is 2.09. The number of hydrogen-bond donors (Lipinski definition) is 2. The lowest BCUT2D eigenvalue weighted by Crippen LogP contribution is -2.23. The van der Waals surface area contributed by atoms with Crippen molar-refractivity contribution in [3.05, 3.63) is 35.0 Å². The summed E-state index contributed by atoms with van der Waals surface area (Å²) in [6.45, 7) is 1.26. The minimum absolute atomic E-state index is 0. The second-order valence-electron chi connectivity index (χ2n) is 4.04. The van der Waals surface area contributed by atoms with Crippen molar-refractivity contribution in [3.8, 4) is 0 Å². The predicted octanol–water partition coefficient (Wildman–Crippen LogP) is 2.93. The van der Waals surface area contributed by atoms with E-state index in [1.54, 1.807) is 12.1 Å². The zero-order chi connectivity index (χ0) is 13.0. The highest BCUT2D eigenvalue weighted by Crippen LogP contribution is 2.26. The van der Waals surface area contributed by atoms with Crippen LogP contribution in [-0.2, 0) is 0 Å². The van der Waals surface area contributed by atoms with E-state index in [-0.39, 0.29) is 24.1 Å². The molecule has 104 valence electrons. The molecular weight excluding hydrogens is 287 g/mol. The van der Waals surface area contributed by atoms with E-state index in [4.69, 9.17) is 5.73 Å². The number of fused-ring (bicyclic) bond motifs is 1. The number of carbonyl (C=O) groups excluding carboxylic acids is 1. The number of benzene rings is 1. The van der Waals surface area contributed by atoms with Gasteiger partial charge in [0.05, 0.1) is 4.88 Å². The third-order valence-electron chi connectivity index (χ3n) is 2.62. The number of nitrogens with two attached hydrogens (primary N) is 1. The second-order valence-corrected chi connectivity index (χ2v) is 5.13. The standard InChI is InChI=1S/C13H15FN2OS.ClH/c14-10-3-4-11-9(7-10)8-12(18-11)13(17)16-6-2-1-5-15;/h3-4,7-8H,1-2,5-6,15H2,(H,16,17);1H. The van der Waals surface area contributed by atoms with E-state index in [2.05, 4.69) is 5.32 Å². The molecule has 0 saturated heterocycles. The molecule has 19 heavy (non-hydrogen) atoms. The Labute approximate surface area is 121 Å². The first kappa shape index (κ1) is 15.9. The van der Waals surface area contributed by atoms with Gasteiger partial charge in [0.1, 0.15) is 5.82 Å². The first-order valence-electron chi connectivity index (χ1n) is 5.88. The molecule has 0 atom stereocenters. The number of nitrogens with one attached hydrogen (secondary N) is 1. The zero-order valence-electron chi connectivity index (χ0n) is 10.3. The van der Waals surface area contributed by atoms with Crippen molar-refractivity contribution in [2.24, 2.45) is 5.73 Å². The van der Waals surface area contributed by atoms with Crippen LogP contribution >= 0.6 is 23.7 Å². The quantitative estimate of drug-likeness (QED) is 0.834. The molecule has 6 heteroatoms. The zero-order valence-corrected chi connectivity index (χ0v) is 12.0. The third-order valence-corrected chi connectivity index (χ3v) is 3.73. The summed E-state index contributed by atoms with van der Waals surface area (Å²) in [7, 11) is 0. The minimum atomic E-state index is -0.282. The smallest absolute Gasteiger partial charge is 0.261 e. The fourth-order valence-electron chi connectivity index (χ4n) is 1.68. The molecule has 3 N–H and O–H groups in total.